The van der Waals surface area contributed by atoms with Gasteiger partial charge in [0.15, 0.2) is 6.73 Å². The number of hydrogen-bond donors (Lipinski definition) is 1. The summed E-state index contributed by atoms with van der Waals surface area (Å²) in [5, 5.41) is 3.02. The van der Waals surface area contributed by atoms with Gasteiger partial charge in [0.2, 0.25) is 5.91 Å². The molecule has 2 amide bonds. The maximum Gasteiger partial charge on any atom is 0.306 e. The SMILES string of the molecule is C[C@@H]([C@H](Oc1ccc(C(=O)N[C@H]2CCCN(C(=O)[C@H]3COC(=O)C3)C2)nc1)c1ccc(C2CC2)cc1)N1C=COC1. The van der Waals surface area contributed by atoms with Crippen LogP contribution in [-0.2, 0) is 19.1 Å². The Bertz CT molecular complexity index is 1290. The lowest BCUT2D eigenvalue weighted by molar-refractivity contribution is -0.138. The highest BCUT2D eigenvalue weighted by Crippen LogP contribution is 2.40. The lowest BCUT2D eigenvalue weighted by Gasteiger charge is -2.34. The predicted octanol–water partition coefficient (Wildman–Crippen LogP) is 3.51. The van der Waals surface area contributed by atoms with E-state index in [2.05, 4.69) is 46.4 Å². The van der Waals surface area contributed by atoms with Crippen LogP contribution in [0.1, 0.15) is 72.7 Å². The molecule has 4 atom stereocenters. The first kappa shape index (κ1) is 27.1. The molecule has 1 N–H and O–H groups in total. The maximum atomic E-state index is 13.0. The smallest absolute Gasteiger partial charge is 0.306 e. The average molecular weight is 561 g/mol. The number of pyridine rings is 1. The van der Waals surface area contributed by atoms with Gasteiger partial charge < -0.3 is 29.3 Å². The van der Waals surface area contributed by atoms with Gasteiger partial charge in [-0.2, -0.15) is 0 Å². The highest BCUT2D eigenvalue weighted by atomic mass is 16.5. The van der Waals surface area contributed by atoms with Crippen LogP contribution in [0.5, 0.6) is 5.75 Å². The third-order valence-electron chi connectivity index (χ3n) is 8.36. The monoisotopic (exact) mass is 560 g/mol. The van der Waals surface area contributed by atoms with E-state index in [0.29, 0.717) is 31.5 Å². The van der Waals surface area contributed by atoms with Crippen LogP contribution in [0.15, 0.2) is 55.1 Å². The zero-order chi connectivity index (χ0) is 28.3. The molecule has 2 saturated heterocycles. The number of rotatable bonds is 9. The van der Waals surface area contributed by atoms with Gasteiger partial charge in [-0.1, -0.05) is 24.3 Å². The lowest BCUT2D eigenvalue weighted by atomic mass is 9.99. The van der Waals surface area contributed by atoms with Crippen LogP contribution in [0, 0.1) is 5.92 Å². The number of cyclic esters (lactones) is 1. The van der Waals surface area contributed by atoms with E-state index < -0.39 is 5.92 Å². The summed E-state index contributed by atoms with van der Waals surface area (Å²) in [5.41, 5.74) is 2.72. The third-order valence-corrected chi connectivity index (χ3v) is 8.36. The molecule has 10 nitrogen and oxygen atoms in total. The van der Waals surface area contributed by atoms with Crippen molar-refractivity contribution in [1.29, 1.82) is 0 Å². The molecule has 0 radical (unpaired) electrons. The van der Waals surface area contributed by atoms with E-state index in [0.717, 1.165) is 18.4 Å². The second-order valence-electron chi connectivity index (χ2n) is 11.4. The van der Waals surface area contributed by atoms with Crippen molar-refractivity contribution in [2.75, 3.05) is 26.4 Å². The highest BCUT2D eigenvalue weighted by molar-refractivity contribution is 5.92. The number of piperidine rings is 1. The fourth-order valence-electron chi connectivity index (χ4n) is 5.75. The number of esters is 1. The van der Waals surface area contributed by atoms with Crippen molar-refractivity contribution in [2.45, 2.75) is 63.1 Å². The first-order valence-corrected chi connectivity index (χ1v) is 14.5. The number of amides is 2. The quantitative estimate of drug-likeness (QED) is 0.464. The van der Waals surface area contributed by atoms with Crippen molar-refractivity contribution in [1.82, 2.24) is 20.1 Å². The molecule has 1 aromatic carbocycles. The van der Waals surface area contributed by atoms with Crippen LogP contribution in [-0.4, -0.2) is 71.1 Å². The summed E-state index contributed by atoms with van der Waals surface area (Å²) in [6.45, 7) is 3.73. The summed E-state index contributed by atoms with van der Waals surface area (Å²) in [6, 6.07) is 11.9. The summed E-state index contributed by atoms with van der Waals surface area (Å²) >= 11 is 0. The van der Waals surface area contributed by atoms with Gasteiger partial charge in [-0.05, 0) is 61.8 Å². The fraction of sp³-hybridized carbons (Fsp3) is 0.484. The molecular formula is C31H36N4O6. The first-order valence-electron chi connectivity index (χ1n) is 14.5. The van der Waals surface area contributed by atoms with E-state index >= 15 is 0 Å². The minimum Gasteiger partial charge on any atom is -0.482 e. The summed E-state index contributed by atoms with van der Waals surface area (Å²) < 4.78 is 16.8. The van der Waals surface area contributed by atoms with Crippen molar-refractivity contribution in [3.8, 4) is 5.75 Å². The van der Waals surface area contributed by atoms with Crippen molar-refractivity contribution >= 4 is 17.8 Å². The fourth-order valence-corrected chi connectivity index (χ4v) is 5.75. The number of aromatic nitrogens is 1. The Kier molecular flexibility index (Phi) is 7.80. The zero-order valence-corrected chi connectivity index (χ0v) is 23.2. The zero-order valence-electron chi connectivity index (χ0n) is 23.2. The van der Waals surface area contributed by atoms with E-state index in [1.165, 1.54) is 18.4 Å². The minimum absolute atomic E-state index is 0.00521. The average Bonchev–Trinajstić information content (AvgIpc) is 3.51. The van der Waals surface area contributed by atoms with Gasteiger partial charge in [-0.15, -0.1) is 0 Å². The number of nitrogens with zero attached hydrogens (tertiary/aromatic N) is 3. The van der Waals surface area contributed by atoms with E-state index in [9.17, 15) is 14.4 Å². The molecule has 4 aliphatic rings. The van der Waals surface area contributed by atoms with Gasteiger partial charge >= 0.3 is 5.97 Å². The Balaban J connectivity index is 1.09. The summed E-state index contributed by atoms with van der Waals surface area (Å²) in [5.74, 6) is 0.104. The van der Waals surface area contributed by atoms with E-state index in [-0.39, 0.29) is 54.7 Å². The second kappa shape index (κ2) is 11.8. The molecule has 2 aromatic rings. The Morgan fingerprint density at radius 3 is 2.61 bits per heavy atom. The van der Waals surface area contributed by atoms with Crippen LogP contribution in [0.25, 0.3) is 0 Å². The van der Waals surface area contributed by atoms with Crippen molar-refractivity contribution in [3.63, 3.8) is 0 Å². The number of ether oxygens (including phenoxy) is 3. The van der Waals surface area contributed by atoms with Crippen LogP contribution in [0.4, 0.5) is 0 Å². The van der Waals surface area contributed by atoms with Crippen LogP contribution < -0.4 is 10.1 Å². The standard InChI is InChI=1S/C31H36N4O6/c1-20(35-13-14-39-19-35)29(23-8-6-22(7-9-23)21-4-5-21)41-26-10-11-27(32-16-26)30(37)33-25-3-2-12-34(17-25)31(38)24-15-28(36)40-18-24/h6-11,13-14,16,20-21,24-25,29H,2-5,12,15,17-19H2,1H3,(H,33,37)/t20-,24+,25-,29-/m0/s1. The van der Waals surface area contributed by atoms with E-state index in [1.54, 1.807) is 29.5 Å². The molecular weight excluding hydrogens is 524 g/mol. The molecule has 1 aliphatic carbocycles. The molecule has 0 unspecified atom stereocenters. The topological polar surface area (TPSA) is 110 Å². The van der Waals surface area contributed by atoms with Crippen LogP contribution in [0.2, 0.25) is 0 Å². The first-order chi connectivity index (χ1) is 19.9. The largest absolute Gasteiger partial charge is 0.482 e. The molecule has 3 aliphatic heterocycles. The number of carbonyl (C=O) groups excluding carboxylic acids is 3. The highest BCUT2D eigenvalue weighted by Gasteiger charge is 2.35. The van der Waals surface area contributed by atoms with Gasteiger partial charge in [0.1, 0.15) is 30.4 Å². The summed E-state index contributed by atoms with van der Waals surface area (Å²) in [4.78, 5) is 45.4. The normalized spacial score (nSPS) is 23.5. The number of nitrogens with one attached hydrogen (secondary N) is 1. The molecule has 3 fully saturated rings. The maximum absolute atomic E-state index is 13.0. The molecule has 1 aromatic heterocycles. The number of likely N-dealkylation sites (tertiary alicyclic amines) is 1. The molecule has 0 spiro atoms. The Hall–Kier alpha value is -4.08. The van der Waals surface area contributed by atoms with Gasteiger partial charge in [0.25, 0.3) is 5.91 Å². The van der Waals surface area contributed by atoms with Gasteiger partial charge in [0.05, 0.1) is 24.6 Å². The Morgan fingerprint density at radius 1 is 1.12 bits per heavy atom. The minimum atomic E-state index is -0.428. The van der Waals surface area contributed by atoms with Gasteiger partial charge in [-0.25, -0.2) is 4.98 Å². The second-order valence-corrected chi connectivity index (χ2v) is 11.4. The Labute approximate surface area is 239 Å². The molecule has 10 heteroatoms. The van der Waals surface area contributed by atoms with E-state index in [1.807, 2.05) is 6.20 Å². The predicted molar refractivity (Wildman–Crippen MR) is 149 cm³/mol. The summed E-state index contributed by atoms with van der Waals surface area (Å²) in [7, 11) is 0. The van der Waals surface area contributed by atoms with Crippen molar-refractivity contribution in [3.05, 3.63) is 71.9 Å². The molecule has 41 heavy (non-hydrogen) atoms. The molecule has 216 valence electrons. The third kappa shape index (κ3) is 6.31. The lowest BCUT2D eigenvalue weighted by Crippen LogP contribution is -2.51. The summed E-state index contributed by atoms with van der Waals surface area (Å²) in [6.07, 6.45) is 9.09. The molecule has 0 bridgehead atoms. The van der Waals surface area contributed by atoms with Crippen molar-refractivity contribution in [2.24, 2.45) is 5.92 Å². The number of carbonyl (C=O) groups is 3. The number of hydrogen-bond acceptors (Lipinski definition) is 8. The molecule has 1 saturated carbocycles. The molecule has 6 rings (SSSR count). The number of benzene rings is 1. The van der Waals surface area contributed by atoms with Crippen molar-refractivity contribution < 1.29 is 28.6 Å². The Morgan fingerprint density at radius 2 is 1.95 bits per heavy atom. The molecule has 4 heterocycles. The van der Waals surface area contributed by atoms with Crippen LogP contribution in [0.3, 0.4) is 0 Å². The van der Waals surface area contributed by atoms with Gasteiger partial charge in [-0.3, -0.25) is 14.4 Å². The van der Waals surface area contributed by atoms with E-state index in [4.69, 9.17) is 14.2 Å². The van der Waals surface area contributed by atoms with Gasteiger partial charge in [0, 0.05) is 25.3 Å². The van der Waals surface area contributed by atoms with Crippen LogP contribution >= 0.6 is 0 Å².